The maximum Gasteiger partial charge on any atom is 0.222 e. The molecule has 24 heavy (non-hydrogen) atoms. The van der Waals surface area contributed by atoms with Gasteiger partial charge in [0.05, 0.1) is 12.0 Å². The van der Waals surface area contributed by atoms with Crippen molar-refractivity contribution in [3.05, 3.63) is 48.8 Å². The van der Waals surface area contributed by atoms with Gasteiger partial charge in [-0.15, -0.1) is 0 Å². The minimum absolute atomic E-state index is 0.0561. The van der Waals surface area contributed by atoms with Crippen molar-refractivity contribution >= 4 is 11.6 Å². The fraction of sp³-hybridized carbons (Fsp3) is 0.444. The first-order valence-electron chi connectivity index (χ1n) is 8.40. The molecule has 1 aliphatic rings. The molecule has 1 N–H and O–H groups in total. The zero-order valence-corrected chi connectivity index (χ0v) is 13.9. The van der Waals surface area contributed by atoms with E-state index in [1.165, 1.54) is 6.07 Å². The van der Waals surface area contributed by atoms with Gasteiger partial charge in [0.25, 0.3) is 0 Å². The Labute approximate surface area is 141 Å². The lowest BCUT2D eigenvalue weighted by molar-refractivity contribution is -0.122. The number of piperidine rings is 1. The first kappa shape index (κ1) is 16.5. The zero-order chi connectivity index (χ0) is 16.9. The molecule has 1 aromatic carbocycles. The largest absolute Gasteiger partial charge is 0.369 e. The number of carbonyl (C=O) groups is 1. The van der Waals surface area contributed by atoms with Crippen LogP contribution in [0.2, 0.25) is 0 Å². The minimum Gasteiger partial charge on any atom is -0.369 e. The van der Waals surface area contributed by atoms with Gasteiger partial charge in [-0.05, 0) is 31.9 Å². The number of hydrogen-bond donors (Lipinski definition) is 1. The van der Waals surface area contributed by atoms with Crippen LogP contribution in [-0.2, 0) is 4.79 Å². The van der Waals surface area contributed by atoms with Crippen LogP contribution in [0.4, 0.5) is 10.1 Å². The molecule has 128 valence electrons. The molecule has 3 rings (SSSR count). The first-order valence-corrected chi connectivity index (χ1v) is 8.40. The van der Waals surface area contributed by atoms with Crippen LogP contribution in [0.5, 0.6) is 0 Å². The number of hydrogen-bond acceptors (Lipinski definition) is 3. The van der Waals surface area contributed by atoms with E-state index in [1.54, 1.807) is 24.7 Å². The van der Waals surface area contributed by atoms with Crippen molar-refractivity contribution in [3.63, 3.8) is 0 Å². The van der Waals surface area contributed by atoms with Crippen molar-refractivity contribution in [1.29, 1.82) is 0 Å². The predicted molar refractivity (Wildman–Crippen MR) is 91.3 cm³/mol. The third-order valence-electron chi connectivity index (χ3n) is 4.57. The summed E-state index contributed by atoms with van der Waals surface area (Å²) in [7, 11) is 0. The molecule has 2 heterocycles. The summed E-state index contributed by atoms with van der Waals surface area (Å²) in [5, 5.41) is 3.11. The molecule has 0 saturated carbocycles. The normalized spacial score (nSPS) is 16.8. The number of rotatable bonds is 5. The maximum atomic E-state index is 13.8. The molecule has 1 atom stereocenters. The van der Waals surface area contributed by atoms with Gasteiger partial charge in [0.1, 0.15) is 5.82 Å². The molecule has 5 nitrogen and oxygen atoms in total. The zero-order valence-electron chi connectivity index (χ0n) is 13.9. The number of carbonyl (C=O) groups excluding carboxylic acids is 1. The summed E-state index contributed by atoms with van der Waals surface area (Å²) in [6.45, 7) is 3.51. The van der Waals surface area contributed by atoms with Crippen molar-refractivity contribution < 1.29 is 9.18 Å². The highest BCUT2D eigenvalue weighted by molar-refractivity contribution is 5.76. The van der Waals surface area contributed by atoms with Crippen LogP contribution >= 0.6 is 0 Å². The number of anilines is 1. The van der Waals surface area contributed by atoms with Gasteiger partial charge in [0.2, 0.25) is 5.91 Å². The maximum absolute atomic E-state index is 13.8. The average Bonchev–Trinajstić information content (AvgIpc) is 3.11. The van der Waals surface area contributed by atoms with Crippen LogP contribution in [-0.4, -0.2) is 34.6 Å². The van der Waals surface area contributed by atoms with Gasteiger partial charge in [-0.25, -0.2) is 9.37 Å². The highest BCUT2D eigenvalue weighted by Gasteiger charge is 2.23. The Balaban J connectivity index is 1.47. The van der Waals surface area contributed by atoms with E-state index in [2.05, 4.69) is 10.3 Å². The van der Waals surface area contributed by atoms with Gasteiger partial charge in [-0.1, -0.05) is 12.1 Å². The Morgan fingerprint density at radius 3 is 2.79 bits per heavy atom. The summed E-state index contributed by atoms with van der Waals surface area (Å²) >= 11 is 0. The van der Waals surface area contributed by atoms with E-state index in [-0.39, 0.29) is 23.8 Å². The number of amides is 1. The van der Waals surface area contributed by atoms with Gasteiger partial charge in [-0.2, -0.15) is 0 Å². The van der Waals surface area contributed by atoms with Gasteiger partial charge in [0.15, 0.2) is 0 Å². The Morgan fingerprint density at radius 1 is 1.38 bits per heavy atom. The second kappa shape index (κ2) is 7.47. The lowest BCUT2D eigenvalue weighted by Crippen LogP contribution is -2.45. The summed E-state index contributed by atoms with van der Waals surface area (Å²) in [6, 6.07) is 7.10. The smallest absolute Gasteiger partial charge is 0.222 e. The topological polar surface area (TPSA) is 50.2 Å². The molecular weight excluding hydrogens is 307 g/mol. The van der Waals surface area contributed by atoms with Crippen molar-refractivity contribution in [2.24, 2.45) is 0 Å². The lowest BCUT2D eigenvalue weighted by atomic mass is 10.0. The van der Waals surface area contributed by atoms with Crippen molar-refractivity contribution in [2.75, 3.05) is 18.0 Å². The van der Waals surface area contributed by atoms with Gasteiger partial charge >= 0.3 is 0 Å². The lowest BCUT2D eigenvalue weighted by Gasteiger charge is -2.34. The molecule has 1 amide bonds. The molecule has 0 bridgehead atoms. The number of para-hydroxylation sites is 1. The number of halogens is 1. The Bertz CT molecular complexity index is 665. The van der Waals surface area contributed by atoms with E-state index in [0.717, 1.165) is 25.9 Å². The van der Waals surface area contributed by atoms with Crippen molar-refractivity contribution in [2.45, 2.75) is 38.3 Å². The van der Waals surface area contributed by atoms with E-state index in [4.69, 9.17) is 0 Å². The predicted octanol–water partition coefficient (Wildman–Crippen LogP) is 2.76. The van der Waals surface area contributed by atoms with Crippen LogP contribution in [0.15, 0.2) is 43.0 Å². The molecule has 0 spiro atoms. The Kier molecular flexibility index (Phi) is 5.13. The van der Waals surface area contributed by atoms with Gasteiger partial charge < -0.3 is 14.8 Å². The summed E-state index contributed by atoms with van der Waals surface area (Å²) in [5.74, 6) is -0.130. The second-order valence-corrected chi connectivity index (χ2v) is 6.34. The molecule has 1 saturated heterocycles. The Morgan fingerprint density at radius 2 is 2.12 bits per heavy atom. The van der Waals surface area contributed by atoms with Crippen LogP contribution in [0.3, 0.4) is 0 Å². The second-order valence-electron chi connectivity index (χ2n) is 6.34. The highest BCUT2D eigenvalue weighted by atomic mass is 19.1. The van der Waals surface area contributed by atoms with Crippen LogP contribution in [0, 0.1) is 5.82 Å². The molecule has 6 heteroatoms. The molecule has 1 fully saturated rings. The average molecular weight is 330 g/mol. The number of nitrogens with one attached hydrogen (secondary N) is 1. The van der Waals surface area contributed by atoms with E-state index in [0.29, 0.717) is 12.1 Å². The van der Waals surface area contributed by atoms with Gasteiger partial charge in [-0.3, -0.25) is 4.79 Å². The fourth-order valence-corrected chi connectivity index (χ4v) is 3.16. The van der Waals surface area contributed by atoms with Crippen LogP contribution in [0.1, 0.15) is 32.2 Å². The standard InChI is InChI=1S/C18H23FN4O/c1-14(23-11-8-20-13-23)12-18(24)21-15-6-9-22(10-7-15)17-5-3-2-4-16(17)19/h2-5,8,11,13-15H,6-7,9-10,12H2,1H3,(H,21,24)/t14-/m0/s1. The molecule has 1 aromatic heterocycles. The summed E-state index contributed by atoms with van der Waals surface area (Å²) in [6.07, 6.45) is 7.41. The summed E-state index contributed by atoms with van der Waals surface area (Å²) in [4.78, 5) is 18.3. The van der Waals surface area contributed by atoms with E-state index in [1.807, 2.05) is 28.7 Å². The third-order valence-corrected chi connectivity index (χ3v) is 4.57. The number of imidazole rings is 1. The molecule has 0 radical (unpaired) electrons. The minimum atomic E-state index is -0.186. The number of benzene rings is 1. The van der Waals surface area contributed by atoms with E-state index < -0.39 is 0 Å². The van der Waals surface area contributed by atoms with Crippen molar-refractivity contribution in [3.8, 4) is 0 Å². The van der Waals surface area contributed by atoms with Gasteiger partial charge in [0, 0.05) is 44.0 Å². The first-order chi connectivity index (χ1) is 11.6. The molecule has 0 unspecified atom stereocenters. The van der Waals surface area contributed by atoms with E-state index in [9.17, 15) is 9.18 Å². The number of aromatic nitrogens is 2. The SMILES string of the molecule is C[C@@H](CC(=O)NC1CCN(c2ccccc2F)CC1)n1ccnc1. The molecule has 1 aliphatic heterocycles. The van der Waals surface area contributed by atoms with E-state index >= 15 is 0 Å². The van der Waals surface area contributed by atoms with Crippen molar-refractivity contribution in [1.82, 2.24) is 14.9 Å². The van der Waals surface area contributed by atoms with Crippen LogP contribution in [0.25, 0.3) is 0 Å². The third kappa shape index (κ3) is 3.93. The molecule has 2 aromatic rings. The monoisotopic (exact) mass is 330 g/mol. The quantitative estimate of drug-likeness (QED) is 0.917. The Hall–Kier alpha value is -2.37. The summed E-state index contributed by atoms with van der Waals surface area (Å²) < 4.78 is 15.8. The van der Waals surface area contributed by atoms with Crippen LogP contribution < -0.4 is 10.2 Å². The summed E-state index contributed by atoms with van der Waals surface area (Å²) in [5.41, 5.74) is 0.649. The number of nitrogens with zero attached hydrogens (tertiary/aromatic N) is 3. The molecular formula is C18H23FN4O. The molecule has 0 aliphatic carbocycles. The highest BCUT2D eigenvalue weighted by Crippen LogP contribution is 2.23. The fourth-order valence-electron chi connectivity index (χ4n) is 3.16.